The average molecular weight is 248 g/mol. The molecule has 1 amide bonds. The lowest BCUT2D eigenvalue weighted by molar-refractivity contribution is 0.0970. The van der Waals surface area contributed by atoms with Crippen LogP contribution in [0.4, 0.5) is 0 Å². The molecule has 0 heterocycles. The molecular weight excluding hydrogens is 236 g/mol. The fraction of sp³-hybridized carbons (Fsp3) is 0. The first kappa shape index (κ1) is 12.6. The third kappa shape index (κ3) is 3.30. The van der Waals surface area contributed by atoms with Crippen molar-refractivity contribution in [2.75, 3.05) is 0 Å². The molecule has 0 spiro atoms. The SMILES string of the molecule is N#CC(=CNC(=O)c1ccccc1)c1ccccc1. The Hall–Kier alpha value is -2.86. The highest BCUT2D eigenvalue weighted by Crippen LogP contribution is 2.11. The van der Waals surface area contributed by atoms with E-state index in [0.29, 0.717) is 11.1 Å². The molecular formula is C16H12N2O. The van der Waals surface area contributed by atoms with E-state index in [1.807, 2.05) is 36.4 Å². The number of hydrogen-bond acceptors (Lipinski definition) is 2. The largest absolute Gasteiger partial charge is 0.327 e. The van der Waals surface area contributed by atoms with E-state index in [9.17, 15) is 4.79 Å². The summed E-state index contributed by atoms with van der Waals surface area (Å²) >= 11 is 0. The molecule has 0 fully saturated rings. The summed E-state index contributed by atoms with van der Waals surface area (Å²) in [7, 11) is 0. The van der Waals surface area contributed by atoms with Crippen LogP contribution in [0.5, 0.6) is 0 Å². The molecule has 92 valence electrons. The molecule has 3 nitrogen and oxygen atoms in total. The standard InChI is InChI=1S/C16H12N2O/c17-11-15(13-7-3-1-4-8-13)12-18-16(19)14-9-5-2-6-10-14/h1-10,12H,(H,18,19). The Morgan fingerprint density at radius 1 is 0.947 bits per heavy atom. The second-order valence-electron chi connectivity index (χ2n) is 3.88. The number of benzene rings is 2. The fourth-order valence-corrected chi connectivity index (χ4v) is 1.61. The van der Waals surface area contributed by atoms with Gasteiger partial charge in [-0.3, -0.25) is 4.79 Å². The Morgan fingerprint density at radius 3 is 2.00 bits per heavy atom. The number of allylic oxidation sites excluding steroid dienone is 1. The highest BCUT2D eigenvalue weighted by Gasteiger charge is 2.04. The minimum absolute atomic E-state index is 0.232. The van der Waals surface area contributed by atoms with E-state index in [4.69, 9.17) is 5.26 Å². The summed E-state index contributed by atoms with van der Waals surface area (Å²) < 4.78 is 0. The Morgan fingerprint density at radius 2 is 1.47 bits per heavy atom. The monoisotopic (exact) mass is 248 g/mol. The quantitative estimate of drug-likeness (QED) is 0.849. The van der Waals surface area contributed by atoms with Gasteiger partial charge in [0.05, 0.1) is 5.57 Å². The molecule has 2 aromatic carbocycles. The van der Waals surface area contributed by atoms with Crippen molar-refractivity contribution in [3.8, 4) is 6.07 Å². The van der Waals surface area contributed by atoms with Crippen molar-refractivity contribution in [2.24, 2.45) is 0 Å². The van der Waals surface area contributed by atoms with Crippen molar-refractivity contribution < 1.29 is 4.79 Å². The second kappa shape index (κ2) is 6.18. The Kier molecular flexibility index (Phi) is 4.09. The van der Waals surface area contributed by atoms with E-state index < -0.39 is 0 Å². The molecule has 1 N–H and O–H groups in total. The van der Waals surface area contributed by atoms with Crippen molar-refractivity contribution >= 4 is 11.5 Å². The smallest absolute Gasteiger partial charge is 0.255 e. The van der Waals surface area contributed by atoms with Gasteiger partial charge in [-0.2, -0.15) is 5.26 Å². The number of nitrogens with zero attached hydrogens (tertiary/aromatic N) is 1. The topological polar surface area (TPSA) is 52.9 Å². The molecule has 2 rings (SSSR count). The molecule has 19 heavy (non-hydrogen) atoms. The maximum atomic E-state index is 11.8. The molecule has 3 heteroatoms. The molecule has 0 bridgehead atoms. The predicted octanol–water partition coefficient (Wildman–Crippen LogP) is 2.98. The van der Waals surface area contributed by atoms with Gasteiger partial charge in [-0.15, -0.1) is 0 Å². The van der Waals surface area contributed by atoms with Gasteiger partial charge in [-0.1, -0.05) is 48.5 Å². The van der Waals surface area contributed by atoms with Crippen LogP contribution < -0.4 is 5.32 Å². The minimum Gasteiger partial charge on any atom is -0.327 e. The second-order valence-corrected chi connectivity index (χ2v) is 3.88. The zero-order valence-electron chi connectivity index (χ0n) is 10.2. The molecule has 0 aliphatic carbocycles. The lowest BCUT2D eigenvalue weighted by Gasteiger charge is -2.02. The molecule has 0 aliphatic heterocycles. The van der Waals surface area contributed by atoms with E-state index in [1.165, 1.54) is 6.20 Å². The maximum Gasteiger partial charge on any atom is 0.255 e. The van der Waals surface area contributed by atoms with E-state index >= 15 is 0 Å². The summed E-state index contributed by atoms with van der Waals surface area (Å²) in [5.74, 6) is -0.232. The van der Waals surface area contributed by atoms with Gasteiger partial charge in [0, 0.05) is 11.8 Å². The van der Waals surface area contributed by atoms with E-state index in [1.54, 1.807) is 24.3 Å². The lowest BCUT2D eigenvalue weighted by atomic mass is 10.1. The first-order valence-corrected chi connectivity index (χ1v) is 5.83. The lowest BCUT2D eigenvalue weighted by Crippen LogP contribution is -2.17. The highest BCUT2D eigenvalue weighted by atomic mass is 16.1. The van der Waals surface area contributed by atoms with Crippen LogP contribution in [0.2, 0.25) is 0 Å². The van der Waals surface area contributed by atoms with E-state index in [0.717, 1.165) is 5.56 Å². The molecule has 0 aliphatic rings. The first-order chi connectivity index (χ1) is 9.31. The third-order valence-corrected chi connectivity index (χ3v) is 2.59. The van der Waals surface area contributed by atoms with Crippen molar-refractivity contribution in [1.82, 2.24) is 5.32 Å². The van der Waals surface area contributed by atoms with Crippen LogP contribution in [-0.4, -0.2) is 5.91 Å². The summed E-state index contributed by atoms with van der Waals surface area (Å²) in [5.41, 5.74) is 1.76. The molecule has 0 atom stereocenters. The van der Waals surface area contributed by atoms with Gasteiger partial charge in [0.15, 0.2) is 0 Å². The first-order valence-electron chi connectivity index (χ1n) is 5.83. The van der Waals surface area contributed by atoms with Crippen LogP contribution in [0, 0.1) is 11.3 Å². The Labute approximate surface area is 111 Å². The van der Waals surface area contributed by atoms with Gasteiger partial charge in [0.2, 0.25) is 0 Å². The number of hydrogen-bond donors (Lipinski definition) is 1. The Balaban J connectivity index is 2.14. The number of carbonyl (C=O) groups excluding carboxylic acids is 1. The van der Waals surface area contributed by atoms with Crippen molar-refractivity contribution in [1.29, 1.82) is 5.26 Å². The molecule has 0 saturated carbocycles. The molecule has 0 unspecified atom stereocenters. The van der Waals surface area contributed by atoms with Crippen LogP contribution in [0.25, 0.3) is 5.57 Å². The number of carbonyl (C=O) groups is 1. The van der Waals surface area contributed by atoms with Crippen molar-refractivity contribution in [3.05, 3.63) is 78.0 Å². The van der Waals surface area contributed by atoms with Crippen molar-refractivity contribution in [3.63, 3.8) is 0 Å². The summed E-state index contributed by atoms with van der Waals surface area (Å²) in [6.07, 6.45) is 1.44. The average Bonchev–Trinajstić information content (AvgIpc) is 2.49. The number of nitriles is 1. The zero-order valence-corrected chi connectivity index (χ0v) is 10.2. The zero-order chi connectivity index (χ0) is 13.5. The van der Waals surface area contributed by atoms with Crippen molar-refractivity contribution in [2.45, 2.75) is 0 Å². The molecule has 0 radical (unpaired) electrons. The fourth-order valence-electron chi connectivity index (χ4n) is 1.61. The van der Waals surface area contributed by atoms with E-state index in [2.05, 4.69) is 11.4 Å². The number of nitrogens with one attached hydrogen (secondary N) is 1. The minimum atomic E-state index is -0.232. The molecule has 0 saturated heterocycles. The van der Waals surface area contributed by atoms with Crippen LogP contribution in [0.3, 0.4) is 0 Å². The summed E-state index contributed by atoms with van der Waals surface area (Å²) in [5, 5.41) is 11.7. The van der Waals surface area contributed by atoms with Gasteiger partial charge >= 0.3 is 0 Å². The number of rotatable bonds is 3. The predicted molar refractivity (Wildman–Crippen MR) is 73.9 cm³/mol. The van der Waals surface area contributed by atoms with Gasteiger partial charge in [0.1, 0.15) is 6.07 Å². The summed E-state index contributed by atoms with van der Waals surface area (Å²) in [6, 6.07) is 20.2. The molecule has 0 aromatic heterocycles. The normalized spacial score (nSPS) is 10.6. The van der Waals surface area contributed by atoms with Crippen LogP contribution in [0.1, 0.15) is 15.9 Å². The van der Waals surface area contributed by atoms with Gasteiger partial charge in [-0.05, 0) is 17.7 Å². The van der Waals surface area contributed by atoms with Gasteiger partial charge < -0.3 is 5.32 Å². The van der Waals surface area contributed by atoms with Crippen LogP contribution in [-0.2, 0) is 0 Å². The van der Waals surface area contributed by atoms with Crippen LogP contribution in [0.15, 0.2) is 66.9 Å². The highest BCUT2D eigenvalue weighted by molar-refractivity contribution is 5.95. The van der Waals surface area contributed by atoms with Gasteiger partial charge in [0.25, 0.3) is 5.91 Å². The third-order valence-electron chi connectivity index (χ3n) is 2.59. The van der Waals surface area contributed by atoms with Gasteiger partial charge in [-0.25, -0.2) is 0 Å². The Bertz CT molecular complexity index is 625. The summed E-state index contributed by atoms with van der Waals surface area (Å²) in [4.78, 5) is 11.8. The molecule has 2 aromatic rings. The number of amides is 1. The van der Waals surface area contributed by atoms with E-state index in [-0.39, 0.29) is 5.91 Å². The summed E-state index contributed by atoms with van der Waals surface area (Å²) in [6.45, 7) is 0. The van der Waals surface area contributed by atoms with Crippen LogP contribution >= 0.6 is 0 Å². The maximum absolute atomic E-state index is 11.8.